The molecule has 1 aromatic heterocycles. The van der Waals surface area contributed by atoms with Gasteiger partial charge in [-0.15, -0.1) is 0 Å². The molecular formula is C18H19NO3. The molecule has 0 aliphatic carbocycles. The molecule has 0 spiro atoms. The molecule has 114 valence electrons. The van der Waals surface area contributed by atoms with Crippen molar-refractivity contribution < 1.29 is 14.2 Å². The summed E-state index contributed by atoms with van der Waals surface area (Å²) in [4.78, 5) is 4.47. The van der Waals surface area contributed by atoms with Crippen molar-refractivity contribution in [3.63, 3.8) is 0 Å². The molecule has 1 unspecified atom stereocenters. The highest BCUT2D eigenvalue weighted by Crippen LogP contribution is 2.40. The summed E-state index contributed by atoms with van der Waals surface area (Å²) in [5.41, 5.74) is 2.20. The number of para-hydroxylation sites is 1. The number of ether oxygens (including phenoxy) is 3. The maximum Gasteiger partial charge on any atom is 0.200 e. The molecule has 0 bridgehead atoms. The van der Waals surface area contributed by atoms with Gasteiger partial charge in [-0.25, -0.2) is 0 Å². The van der Waals surface area contributed by atoms with Crippen molar-refractivity contribution in [1.82, 2.24) is 4.98 Å². The Bertz CT molecular complexity index is 680. The highest BCUT2D eigenvalue weighted by Gasteiger charge is 2.39. The lowest BCUT2D eigenvalue weighted by Gasteiger charge is -2.38. The third-order valence-electron chi connectivity index (χ3n) is 3.78. The lowest BCUT2D eigenvalue weighted by atomic mass is 9.91. The number of benzene rings is 1. The molecule has 0 radical (unpaired) electrons. The molecule has 0 saturated heterocycles. The van der Waals surface area contributed by atoms with Gasteiger partial charge >= 0.3 is 0 Å². The van der Waals surface area contributed by atoms with Gasteiger partial charge in [0.1, 0.15) is 5.75 Å². The van der Waals surface area contributed by atoms with Crippen LogP contribution in [-0.2, 0) is 9.47 Å². The zero-order valence-corrected chi connectivity index (χ0v) is 12.9. The Morgan fingerprint density at radius 3 is 2.45 bits per heavy atom. The van der Waals surface area contributed by atoms with E-state index >= 15 is 0 Å². The number of aromatic nitrogens is 1. The summed E-state index contributed by atoms with van der Waals surface area (Å²) >= 11 is 0. The second-order valence-corrected chi connectivity index (χ2v) is 5.36. The van der Waals surface area contributed by atoms with Gasteiger partial charge in [0, 0.05) is 31.6 Å². The Hall–Kier alpha value is -2.17. The third kappa shape index (κ3) is 2.51. The molecule has 0 N–H and O–H groups in total. The molecule has 1 aliphatic heterocycles. The molecule has 1 atom stereocenters. The average Bonchev–Trinajstić information content (AvgIpc) is 2.56. The van der Waals surface area contributed by atoms with E-state index in [0.29, 0.717) is 0 Å². The fraction of sp³-hybridized carbons (Fsp3) is 0.278. The van der Waals surface area contributed by atoms with Crippen molar-refractivity contribution in [2.75, 3.05) is 14.2 Å². The topological polar surface area (TPSA) is 40.6 Å². The minimum atomic E-state index is -0.731. The van der Waals surface area contributed by atoms with Gasteiger partial charge in [-0.3, -0.25) is 4.98 Å². The van der Waals surface area contributed by atoms with E-state index in [2.05, 4.69) is 4.98 Å². The van der Waals surface area contributed by atoms with Crippen molar-refractivity contribution in [2.45, 2.75) is 18.8 Å². The predicted octanol–water partition coefficient (Wildman–Crippen LogP) is 3.28. The first-order valence-electron chi connectivity index (χ1n) is 7.16. The molecule has 4 nitrogen and oxygen atoms in total. The SMILES string of the molecule is COC(OC)C1(C)C=C(c2ccccn2)c2ccccc2O1. The van der Waals surface area contributed by atoms with E-state index in [1.807, 2.05) is 55.5 Å². The second-order valence-electron chi connectivity index (χ2n) is 5.36. The van der Waals surface area contributed by atoms with Crippen molar-refractivity contribution in [2.24, 2.45) is 0 Å². The van der Waals surface area contributed by atoms with Gasteiger partial charge in [0.05, 0.1) is 5.69 Å². The van der Waals surface area contributed by atoms with E-state index in [0.717, 1.165) is 22.6 Å². The Kier molecular flexibility index (Phi) is 3.96. The Morgan fingerprint density at radius 2 is 1.77 bits per heavy atom. The van der Waals surface area contributed by atoms with Crippen LogP contribution in [0.25, 0.3) is 5.57 Å². The van der Waals surface area contributed by atoms with E-state index in [-0.39, 0.29) is 0 Å². The summed E-state index contributed by atoms with van der Waals surface area (Å²) in [7, 11) is 3.22. The van der Waals surface area contributed by atoms with Crippen LogP contribution in [0.1, 0.15) is 18.2 Å². The molecule has 2 heterocycles. The maximum absolute atomic E-state index is 6.16. The molecule has 1 aliphatic rings. The van der Waals surface area contributed by atoms with E-state index in [1.165, 1.54) is 0 Å². The van der Waals surface area contributed by atoms with Crippen LogP contribution in [0.2, 0.25) is 0 Å². The molecule has 0 amide bonds. The highest BCUT2D eigenvalue weighted by molar-refractivity contribution is 5.83. The summed E-state index contributed by atoms with van der Waals surface area (Å²) in [6.07, 6.45) is 3.30. The monoisotopic (exact) mass is 297 g/mol. The third-order valence-corrected chi connectivity index (χ3v) is 3.78. The van der Waals surface area contributed by atoms with E-state index < -0.39 is 11.9 Å². The van der Waals surface area contributed by atoms with Crippen molar-refractivity contribution >= 4 is 5.57 Å². The number of hydrogen-bond acceptors (Lipinski definition) is 4. The summed E-state index contributed by atoms with van der Waals surface area (Å²) in [6, 6.07) is 13.8. The Morgan fingerprint density at radius 1 is 1.05 bits per heavy atom. The zero-order chi connectivity index (χ0) is 15.6. The summed E-state index contributed by atoms with van der Waals surface area (Å²) in [5.74, 6) is 0.798. The van der Waals surface area contributed by atoms with Crippen LogP contribution in [0.5, 0.6) is 5.75 Å². The predicted molar refractivity (Wildman–Crippen MR) is 84.6 cm³/mol. The molecule has 0 saturated carbocycles. The van der Waals surface area contributed by atoms with Crippen molar-refractivity contribution in [1.29, 1.82) is 0 Å². The summed E-state index contributed by atoms with van der Waals surface area (Å²) < 4.78 is 17.0. The molecule has 22 heavy (non-hydrogen) atoms. The standard InChI is InChI=1S/C18H19NO3/c1-18(17(20-2)21-3)12-14(15-9-6-7-11-19-15)13-8-4-5-10-16(13)22-18/h4-12,17H,1-3H3. The lowest BCUT2D eigenvalue weighted by molar-refractivity contribution is -0.180. The molecule has 4 heteroatoms. The van der Waals surface area contributed by atoms with Crippen LogP contribution in [0.15, 0.2) is 54.7 Å². The van der Waals surface area contributed by atoms with Crippen LogP contribution < -0.4 is 4.74 Å². The van der Waals surface area contributed by atoms with Gasteiger partial charge in [-0.1, -0.05) is 24.3 Å². The Labute approximate surface area is 130 Å². The van der Waals surface area contributed by atoms with Gasteiger partial charge < -0.3 is 14.2 Å². The van der Waals surface area contributed by atoms with E-state index in [1.54, 1.807) is 20.4 Å². The molecule has 1 aromatic carbocycles. The van der Waals surface area contributed by atoms with Gasteiger partial charge in [-0.2, -0.15) is 0 Å². The quantitative estimate of drug-likeness (QED) is 0.812. The first kappa shape index (κ1) is 14.8. The van der Waals surface area contributed by atoms with E-state index in [4.69, 9.17) is 14.2 Å². The van der Waals surface area contributed by atoms with E-state index in [9.17, 15) is 0 Å². The lowest BCUT2D eigenvalue weighted by Crippen LogP contribution is -2.47. The van der Waals surface area contributed by atoms with Crippen LogP contribution >= 0.6 is 0 Å². The molecule has 2 aromatic rings. The number of pyridine rings is 1. The molecule has 3 rings (SSSR count). The maximum atomic E-state index is 6.16. The van der Waals surface area contributed by atoms with Crippen molar-refractivity contribution in [3.05, 3.63) is 66.0 Å². The first-order chi connectivity index (χ1) is 10.7. The second kappa shape index (κ2) is 5.91. The van der Waals surface area contributed by atoms with Crippen LogP contribution in [0, 0.1) is 0 Å². The summed E-state index contributed by atoms with van der Waals surface area (Å²) in [5, 5.41) is 0. The minimum absolute atomic E-state index is 0.514. The smallest absolute Gasteiger partial charge is 0.200 e. The average molecular weight is 297 g/mol. The molecule has 0 fully saturated rings. The number of hydrogen-bond donors (Lipinski definition) is 0. The number of nitrogens with zero attached hydrogens (tertiary/aromatic N) is 1. The number of methoxy groups -OCH3 is 2. The van der Waals surface area contributed by atoms with Gasteiger partial charge in [-0.05, 0) is 31.2 Å². The first-order valence-corrected chi connectivity index (χ1v) is 7.16. The summed E-state index contributed by atoms with van der Waals surface area (Å²) in [6.45, 7) is 1.95. The minimum Gasteiger partial charge on any atom is -0.477 e. The fourth-order valence-electron chi connectivity index (χ4n) is 2.82. The largest absolute Gasteiger partial charge is 0.477 e. The zero-order valence-electron chi connectivity index (χ0n) is 12.9. The van der Waals surface area contributed by atoms with Gasteiger partial charge in [0.15, 0.2) is 5.60 Å². The van der Waals surface area contributed by atoms with Crippen LogP contribution in [0.3, 0.4) is 0 Å². The highest BCUT2D eigenvalue weighted by atomic mass is 16.7. The Balaban J connectivity index is 2.16. The van der Waals surface area contributed by atoms with Crippen molar-refractivity contribution in [3.8, 4) is 5.75 Å². The van der Waals surface area contributed by atoms with Gasteiger partial charge in [0.25, 0.3) is 0 Å². The normalized spacial score (nSPS) is 20.3. The van der Waals surface area contributed by atoms with Crippen LogP contribution in [-0.4, -0.2) is 31.1 Å². The van der Waals surface area contributed by atoms with Gasteiger partial charge in [0.2, 0.25) is 6.29 Å². The van der Waals surface area contributed by atoms with Crippen LogP contribution in [0.4, 0.5) is 0 Å². The number of rotatable bonds is 4. The fourth-order valence-corrected chi connectivity index (χ4v) is 2.82. The number of fused-ring (bicyclic) bond motifs is 1. The molecular weight excluding hydrogens is 278 g/mol.